The van der Waals surface area contributed by atoms with Gasteiger partial charge < -0.3 is 19.6 Å². The fourth-order valence-corrected chi connectivity index (χ4v) is 3.26. The molecule has 2 heterocycles. The summed E-state index contributed by atoms with van der Waals surface area (Å²) in [5.74, 6) is -0.531. The maximum atomic E-state index is 13.1. The molecule has 0 saturated carbocycles. The van der Waals surface area contributed by atoms with E-state index in [1.807, 2.05) is 0 Å². The minimum Gasteiger partial charge on any atom is -0.363 e. The first-order valence-corrected chi connectivity index (χ1v) is 9.55. The molecule has 2 aromatic rings. The minimum absolute atomic E-state index is 0.0687. The third-order valence-corrected chi connectivity index (χ3v) is 4.80. The van der Waals surface area contributed by atoms with E-state index in [0.29, 0.717) is 17.9 Å². The Morgan fingerprint density at radius 1 is 1.14 bits per heavy atom. The highest BCUT2D eigenvalue weighted by atomic mass is 19.1. The van der Waals surface area contributed by atoms with Crippen LogP contribution in [0.3, 0.4) is 0 Å². The van der Waals surface area contributed by atoms with Crippen LogP contribution in [0.2, 0.25) is 0 Å². The zero-order valence-corrected chi connectivity index (χ0v) is 15.8. The van der Waals surface area contributed by atoms with Crippen LogP contribution in [-0.4, -0.2) is 59.5 Å². The van der Waals surface area contributed by atoms with E-state index in [2.05, 4.69) is 15.4 Å². The second kappa shape index (κ2) is 9.98. The molecular formula is C20H25FN4O3. The number of halogens is 1. The summed E-state index contributed by atoms with van der Waals surface area (Å²) in [4.78, 5) is 29.0. The van der Waals surface area contributed by atoms with Crippen molar-refractivity contribution in [1.82, 2.24) is 15.0 Å². The smallest absolute Gasteiger partial charge is 0.245 e. The van der Waals surface area contributed by atoms with Gasteiger partial charge in [-0.15, -0.1) is 0 Å². The number of amides is 2. The summed E-state index contributed by atoms with van der Waals surface area (Å²) in [6.07, 6.45) is 5.05. The fraction of sp³-hybridized carbons (Fsp3) is 0.450. The lowest BCUT2D eigenvalue weighted by molar-refractivity contribution is -0.134. The van der Waals surface area contributed by atoms with Crippen molar-refractivity contribution in [3.8, 4) is 0 Å². The predicted molar refractivity (Wildman–Crippen MR) is 102 cm³/mol. The van der Waals surface area contributed by atoms with Gasteiger partial charge in [0, 0.05) is 19.2 Å². The molecule has 150 valence electrons. The van der Waals surface area contributed by atoms with Crippen LogP contribution < -0.4 is 5.32 Å². The van der Waals surface area contributed by atoms with Crippen molar-refractivity contribution in [3.05, 3.63) is 48.0 Å². The number of nitrogens with one attached hydrogen (secondary N) is 1. The highest BCUT2D eigenvalue weighted by Gasteiger charge is 2.20. The Morgan fingerprint density at radius 3 is 2.57 bits per heavy atom. The van der Waals surface area contributed by atoms with Crippen molar-refractivity contribution >= 4 is 17.6 Å². The molecule has 0 spiro atoms. The first-order valence-electron chi connectivity index (χ1n) is 9.55. The van der Waals surface area contributed by atoms with Gasteiger partial charge >= 0.3 is 0 Å². The average molecular weight is 388 g/mol. The van der Waals surface area contributed by atoms with Crippen LogP contribution in [-0.2, 0) is 16.0 Å². The molecule has 0 unspecified atom stereocenters. The van der Waals surface area contributed by atoms with Gasteiger partial charge in [-0.05, 0) is 43.6 Å². The maximum Gasteiger partial charge on any atom is 0.245 e. The van der Waals surface area contributed by atoms with Crippen LogP contribution in [0.5, 0.6) is 0 Å². The van der Waals surface area contributed by atoms with Crippen LogP contribution in [0.1, 0.15) is 24.8 Å². The number of likely N-dealkylation sites (tertiary alicyclic amines) is 1. The number of hydrogen-bond donors (Lipinski definition) is 1. The summed E-state index contributed by atoms with van der Waals surface area (Å²) in [5.41, 5.74) is 0.714. The van der Waals surface area contributed by atoms with Crippen LogP contribution >= 0.6 is 0 Å². The predicted octanol–water partition coefficient (Wildman–Crippen LogP) is 2.31. The van der Waals surface area contributed by atoms with Crippen molar-refractivity contribution < 1.29 is 18.5 Å². The van der Waals surface area contributed by atoms with E-state index in [-0.39, 0.29) is 30.6 Å². The molecule has 1 fully saturated rings. The van der Waals surface area contributed by atoms with E-state index < -0.39 is 0 Å². The number of carbonyl (C=O) groups excluding carboxylic acids is 2. The summed E-state index contributed by atoms with van der Waals surface area (Å²) in [5, 5.41) is 6.27. The molecule has 1 aromatic carbocycles. The molecule has 8 heteroatoms. The molecule has 2 amide bonds. The van der Waals surface area contributed by atoms with Gasteiger partial charge in [0.25, 0.3) is 0 Å². The number of anilines is 1. The first kappa shape index (κ1) is 20.0. The summed E-state index contributed by atoms with van der Waals surface area (Å²) in [6.45, 7) is 3.16. The number of nitrogens with zero attached hydrogens (tertiary/aromatic N) is 3. The van der Waals surface area contributed by atoms with Gasteiger partial charge in [-0.2, -0.15) is 0 Å². The summed E-state index contributed by atoms with van der Waals surface area (Å²) in [6, 6.07) is 7.38. The van der Waals surface area contributed by atoms with Gasteiger partial charge in [-0.3, -0.25) is 9.59 Å². The third kappa shape index (κ3) is 6.16. The topological polar surface area (TPSA) is 78.7 Å². The lowest BCUT2D eigenvalue weighted by atomic mass is 10.1. The van der Waals surface area contributed by atoms with Gasteiger partial charge in [0.2, 0.25) is 11.8 Å². The van der Waals surface area contributed by atoms with E-state index >= 15 is 0 Å². The van der Waals surface area contributed by atoms with Gasteiger partial charge in [-0.25, -0.2) is 4.39 Å². The number of hydrogen-bond acceptors (Lipinski definition) is 5. The maximum absolute atomic E-state index is 13.1. The van der Waals surface area contributed by atoms with Crippen LogP contribution in [0.4, 0.5) is 10.2 Å². The number of benzene rings is 1. The van der Waals surface area contributed by atoms with Crippen molar-refractivity contribution in [1.29, 1.82) is 0 Å². The van der Waals surface area contributed by atoms with Crippen molar-refractivity contribution in [2.45, 2.75) is 25.7 Å². The molecular weight excluding hydrogens is 363 g/mol. The van der Waals surface area contributed by atoms with E-state index in [1.54, 1.807) is 17.0 Å². The van der Waals surface area contributed by atoms with Crippen LogP contribution in [0, 0.1) is 5.82 Å². The molecule has 1 aromatic heterocycles. The number of piperidine rings is 1. The van der Waals surface area contributed by atoms with Crippen molar-refractivity contribution in [2.24, 2.45) is 0 Å². The molecule has 1 saturated heterocycles. The molecule has 0 bridgehead atoms. The lowest BCUT2D eigenvalue weighted by Gasteiger charge is -2.30. The SMILES string of the molecule is O=C(CN(CCN1CCCCC1)C(=O)Cc1ccc(F)cc1)Nc1ccon1. The van der Waals surface area contributed by atoms with Gasteiger partial charge in [0.1, 0.15) is 12.1 Å². The molecule has 0 aliphatic carbocycles. The molecule has 28 heavy (non-hydrogen) atoms. The van der Waals surface area contributed by atoms with Gasteiger partial charge in [-0.1, -0.05) is 23.7 Å². The van der Waals surface area contributed by atoms with E-state index in [4.69, 9.17) is 4.52 Å². The minimum atomic E-state index is -0.342. The van der Waals surface area contributed by atoms with Crippen LogP contribution in [0.25, 0.3) is 0 Å². The van der Waals surface area contributed by atoms with Gasteiger partial charge in [0.05, 0.1) is 13.0 Å². The van der Waals surface area contributed by atoms with Crippen molar-refractivity contribution in [2.75, 3.05) is 38.0 Å². The third-order valence-electron chi connectivity index (χ3n) is 4.80. The second-order valence-electron chi connectivity index (χ2n) is 6.95. The zero-order valence-electron chi connectivity index (χ0n) is 15.8. The van der Waals surface area contributed by atoms with Crippen LogP contribution in [0.15, 0.2) is 41.1 Å². The number of aromatic nitrogens is 1. The lowest BCUT2D eigenvalue weighted by Crippen LogP contribution is -2.44. The number of rotatable bonds is 8. The highest BCUT2D eigenvalue weighted by molar-refractivity contribution is 5.94. The Kier molecular flexibility index (Phi) is 7.13. The Bertz CT molecular complexity index is 758. The Labute approximate surface area is 163 Å². The number of carbonyl (C=O) groups is 2. The first-order chi connectivity index (χ1) is 13.6. The average Bonchev–Trinajstić information content (AvgIpc) is 3.20. The molecule has 1 aliphatic rings. The molecule has 1 aliphatic heterocycles. The standard InChI is InChI=1S/C20H25FN4O3/c21-17-6-4-16(5-7-17)14-20(27)25(12-11-24-9-2-1-3-10-24)15-19(26)22-18-8-13-28-23-18/h4-8,13H,1-3,9-12,14-15H2,(H,22,23,26). The van der Waals surface area contributed by atoms with E-state index in [1.165, 1.54) is 30.9 Å². The van der Waals surface area contributed by atoms with E-state index in [0.717, 1.165) is 32.5 Å². The second-order valence-corrected chi connectivity index (χ2v) is 6.95. The fourth-order valence-electron chi connectivity index (χ4n) is 3.26. The largest absolute Gasteiger partial charge is 0.363 e. The molecule has 3 rings (SSSR count). The van der Waals surface area contributed by atoms with Crippen molar-refractivity contribution in [3.63, 3.8) is 0 Å². The Morgan fingerprint density at radius 2 is 1.89 bits per heavy atom. The normalized spacial score (nSPS) is 14.6. The quantitative estimate of drug-likeness (QED) is 0.751. The summed E-state index contributed by atoms with van der Waals surface area (Å²) >= 11 is 0. The Hall–Kier alpha value is -2.74. The van der Waals surface area contributed by atoms with E-state index in [9.17, 15) is 14.0 Å². The van der Waals surface area contributed by atoms with Gasteiger partial charge in [0.15, 0.2) is 5.82 Å². The monoisotopic (exact) mass is 388 g/mol. The summed E-state index contributed by atoms with van der Waals surface area (Å²) < 4.78 is 17.8. The molecule has 0 atom stereocenters. The Balaban J connectivity index is 1.60. The highest BCUT2D eigenvalue weighted by Crippen LogP contribution is 2.10. The molecule has 1 N–H and O–H groups in total. The molecule has 7 nitrogen and oxygen atoms in total. The zero-order chi connectivity index (χ0) is 19.8. The summed E-state index contributed by atoms with van der Waals surface area (Å²) in [7, 11) is 0. The molecule has 0 radical (unpaired) electrons.